The molecule has 0 radical (unpaired) electrons. The fraction of sp³-hybridized carbons (Fsp3) is 0.533. The molecule has 1 amide bonds. The third-order valence-corrected chi connectivity index (χ3v) is 5.32. The Morgan fingerprint density at radius 3 is 2.38 bits per heavy atom. The fourth-order valence-electron chi connectivity index (χ4n) is 2.80. The number of nitro benzene ring substituents is 1. The van der Waals surface area contributed by atoms with Gasteiger partial charge in [0, 0.05) is 18.7 Å². The smallest absolute Gasteiger partial charge is 0.410 e. The lowest BCUT2D eigenvalue weighted by molar-refractivity contribution is -0.384. The molecule has 0 aromatic heterocycles. The van der Waals surface area contributed by atoms with E-state index in [1.807, 2.05) is 0 Å². The topological polar surface area (TPSA) is 162 Å². The summed E-state index contributed by atoms with van der Waals surface area (Å²) < 4.78 is 57.8. The average molecular weight is 451 g/mol. The molecular weight excluding hydrogens is 430 g/mol. The van der Waals surface area contributed by atoms with Crippen LogP contribution in [0.25, 0.3) is 0 Å². The summed E-state index contributed by atoms with van der Waals surface area (Å²) in [7, 11) is -7.28. The predicted octanol–water partition coefficient (Wildman–Crippen LogP) is 0.200. The maximum absolute atomic E-state index is 12.5. The summed E-state index contributed by atoms with van der Waals surface area (Å²) in [6.07, 6.45) is 0.324. The first-order valence-electron chi connectivity index (χ1n) is 8.33. The molecule has 0 bridgehead atoms. The maximum Gasteiger partial charge on any atom is 0.410 e. The number of rotatable bonds is 8. The highest BCUT2D eigenvalue weighted by molar-refractivity contribution is 7.88. The first kappa shape index (κ1) is 23.0. The lowest BCUT2D eigenvalue weighted by Crippen LogP contribution is -2.43. The molecule has 1 aromatic carbocycles. The zero-order valence-electron chi connectivity index (χ0n) is 15.7. The summed E-state index contributed by atoms with van der Waals surface area (Å²) in [5.74, 6) is 0. The van der Waals surface area contributed by atoms with Crippen molar-refractivity contribution in [2.45, 2.75) is 25.2 Å². The van der Waals surface area contributed by atoms with Crippen LogP contribution in [-0.2, 0) is 35.7 Å². The molecule has 12 nitrogen and oxygen atoms in total. The van der Waals surface area contributed by atoms with Gasteiger partial charge in [0.05, 0.1) is 36.1 Å². The van der Waals surface area contributed by atoms with Crippen LogP contribution in [-0.4, -0.2) is 70.5 Å². The monoisotopic (exact) mass is 451 g/mol. The first-order chi connectivity index (χ1) is 13.3. The van der Waals surface area contributed by atoms with Crippen LogP contribution in [0.4, 0.5) is 10.5 Å². The van der Waals surface area contributed by atoms with E-state index in [2.05, 4.69) is 4.72 Å². The largest absolute Gasteiger partial charge is 0.445 e. The molecule has 2 atom stereocenters. The fourth-order valence-corrected chi connectivity index (χ4v) is 3.93. The van der Waals surface area contributed by atoms with E-state index in [4.69, 9.17) is 8.92 Å². The highest BCUT2D eigenvalue weighted by atomic mass is 32.2. The number of nitrogens with zero attached hydrogens (tertiary/aromatic N) is 2. The molecule has 0 spiro atoms. The molecule has 0 saturated carbocycles. The second kappa shape index (κ2) is 9.02. The van der Waals surface area contributed by atoms with E-state index in [1.54, 1.807) is 0 Å². The second-order valence-electron chi connectivity index (χ2n) is 6.56. The first-order valence-corrected chi connectivity index (χ1v) is 12.0. The van der Waals surface area contributed by atoms with Gasteiger partial charge in [0.1, 0.15) is 6.61 Å². The summed E-state index contributed by atoms with van der Waals surface area (Å²) in [5, 5.41) is 10.7. The van der Waals surface area contributed by atoms with E-state index in [9.17, 15) is 31.7 Å². The van der Waals surface area contributed by atoms with Crippen LogP contribution < -0.4 is 4.72 Å². The van der Waals surface area contributed by atoms with Gasteiger partial charge < -0.3 is 9.64 Å². The molecule has 1 aliphatic rings. The van der Waals surface area contributed by atoms with Crippen LogP contribution in [0.5, 0.6) is 0 Å². The molecule has 1 saturated heterocycles. The van der Waals surface area contributed by atoms with Gasteiger partial charge in [-0.25, -0.2) is 17.9 Å². The highest BCUT2D eigenvalue weighted by Gasteiger charge is 2.38. The average Bonchev–Trinajstić information content (AvgIpc) is 2.98. The molecule has 1 N–H and O–H groups in total. The number of nitrogens with one attached hydrogen (secondary N) is 1. The SMILES string of the molecule is CS(=O)(=O)NC[C@@H]1C[C@@H](OS(C)(=O)=O)CN1C(=O)OCc1ccc([N+](=O)[O-])cc1. The van der Waals surface area contributed by atoms with Crippen molar-refractivity contribution in [3.05, 3.63) is 39.9 Å². The number of hydrogen-bond acceptors (Lipinski definition) is 9. The third-order valence-electron chi connectivity index (χ3n) is 4.01. The molecule has 0 unspecified atom stereocenters. The van der Waals surface area contributed by atoms with E-state index in [0.29, 0.717) is 5.56 Å². The lowest BCUT2D eigenvalue weighted by Gasteiger charge is -2.23. The number of ether oxygens (including phenoxy) is 1. The van der Waals surface area contributed by atoms with Gasteiger partial charge in [-0.2, -0.15) is 8.42 Å². The number of carbonyl (C=O) groups is 1. The van der Waals surface area contributed by atoms with E-state index in [1.165, 1.54) is 29.2 Å². The number of amides is 1. The quantitative estimate of drug-likeness (QED) is 0.330. The van der Waals surface area contributed by atoms with Gasteiger partial charge >= 0.3 is 6.09 Å². The normalized spacial score (nSPS) is 19.9. The molecule has 1 aromatic rings. The van der Waals surface area contributed by atoms with Gasteiger partial charge in [-0.05, 0) is 24.1 Å². The Morgan fingerprint density at radius 2 is 1.86 bits per heavy atom. The summed E-state index contributed by atoms with van der Waals surface area (Å²) >= 11 is 0. The number of nitro groups is 1. The van der Waals surface area contributed by atoms with Gasteiger partial charge in [0.15, 0.2) is 0 Å². The summed E-state index contributed by atoms with van der Waals surface area (Å²) in [6.45, 7) is -0.394. The Kier molecular flexibility index (Phi) is 7.15. The van der Waals surface area contributed by atoms with Crippen LogP contribution in [0.2, 0.25) is 0 Å². The minimum absolute atomic E-state index is 0.0950. The van der Waals surface area contributed by atoms with Gasteiger partial charge in [-0.3, -0.25) is 14.3 Å². The number of sulfonamides is 1. The Labute approximate surface area is 168 Å². The molecule has 2 rings (SSSR count). The molecule has 29 heavy (non-hydrogen) atoms. The minimum Gasteiger partial charge on any atom is -0.445 e. The maximum atomic E-state index is 12.5. The number of carbonyl (C=O) groups excluding carboxylic acids is 1. The van der Waals surface area contributed by atoms with Crippen LogP contribution in [0, 0.1) is 10.1 Å². The van der Waals surface area contributed by atoms with E-state index < -0.39 is 43.3 Å². The number of non-ortho nitro benzene ring substituents is 1. The number of likely N-dealkylation sites (tertiary alicyclic amines) is 1. The Balaban J connectivity index is 2.03. The van der Waals surface area contributed by atoms with Crippen LogP contribution in [0.15, 0.2) is 24.3 Å². The van der Waals surface area contributed by atoms with Crippen molar-refractivity contribution >= 4 is 31.9 Å². The summed E-state index contributed by atoms with van der Waals surface area (Å²) in [4.78, 5) is 23.8. The predicted molar refractivity (Wildman–Crippen MR) is 101 cm³/mol. The van der Waals surface area contributed by atoms with Crippen molar-refractivity contribution in [1.29, 1.82) is 0 Å². The lowest BCUT2D eigenvalue weighted by atomic mass is 10.2. The van der Waals surface area contributed by atoms with Crippen LogP contribution in [0.3, 0.4) is 0 Å². The zero-order valence-corrected chi connectivity index (χ0v) is 17.3. The van der Waals surface area contributed by atoms with E-state index in [-0.39, 0.29) is 31.8 Å². The molecule has 1 heterocycles. The van der Waals surface area contributed by atoms with Crippen molar-refractivity contribution in [3.8, 4) is 0 Å². The van der Waals surface area contributed by atoms with Crippen LogP contribution >= 0.6 is 0 Å². The van der Waals surface area contributed by atoms with E-state index >= 15 is 0 Å². The van der Waals surface area contributed by atoms with E-state index in [0.717, 1.165) is 12.5 Å². The van der Waals surface area contributed by atoms with Gasteiger partial charge in [-0.1, -0.05) is 0 Å². The molecule has 0 aliphatic carbocycles. The van der Waals surface area contributed by atoms with Gasteiger partial charge in [0.2, 0.25) is 10.0 Å². The summed E-state index contributed by atoms with van der Waals surface area (Å²) in [6, 6.07) is 4.75. The molecule has 162 valence electrons. The minimum atomic E-state index is -3.76. The van der Waals surface area contributed by atoms with Crippen molar-refractivity contribution in [2.75, 3.05) is 25.6 Å². The summed E-state index contributed by atoms with van der Waals surface area (Å²) in [5.41, 5.74) is 0.408. The van der Waals surface area contributed by atoms with Crippen LogP contribution in [0.1, 0.15) is 12.0 Å². The second-order valence-corrected chi connectivity index (χ2v) is 10.00. The number of hydrogen-bond donors (Lipinski definition) is 1. The number of benzene rings is 1. The molecular formula is C15H21N3O9S2. The standard InChI is InChI=1S/C15H21N3O9S2/c1-28(22,23)16-8-13-7-14(27-29(2,24)25)9-17(13)15(19)26-10-11-3-5-12(6-4-11)18(20)21/h3-6,13-14,16H,7-10H2,1-2H3/t13-,14+/m0/s1. The van der Waals surface area contributed by atoms with Gasteiger partial charge in [-0.15, -0.1) is 0 Å². The zero-order chi connectivity index (χ0) is 21.8. The van der Waals surface area contributed by atoms with Crippen molar-refractivity contribution < 1.29 is 35.5 Å². The Morgan fingerprint density at radius 1 is 1.24 bits per heavy atom. The third kappa shape index (κ3) is 7.56. The van der Waals surface area contributed by atoms with Crippen molar-refractivity contribution in [2.24, 2.45) is 0 Å². The highest BCUT2D eigenvalue weighted by Crippen LogP contribution is 2.23. The Bertz CT molecular complexity index is 961. The van der Waals surface area contributed by atoms with Crippen molar-refractivity contribution in [3.63, 3.8) is 0 Å². The van der Waals surface area contributed by atoms with Gasteiger partial charge in [0.25, 0.3) is 15.8 Å². The molecule has 1 fully saturated rings. The van der Waals surface area contributed by atoms with Crippen molar-refractivity contribution in [1.82, 2.24) is 9.62 Å². The Hall–Kier alpha value is -2.29. The molecule has 14 heteroatoms. The molecule has 1 aliphatic heterocycles.